The molecule has 2 fully saturated rings. The van der Waals surface area contributed by atoms with Gasteiger partial charge in [-0.15, -0.1) is 0 Å². The minimum Gasteiger partial charge on any atom is -0.477 e. The molecule has 2 aliphatic rings. The number of rotatable bonds is 11. The molecule has 5 heterocycles. The first-order valence-electron chi connectivity index (χ1n) is 14.5. The molecule has 2 atom stereocenters. The van der Waals surface area contributed by atoms with Gasteiger partial charge >= 0.3 is 0 Å². The Kier molecular flexibility index (Phi) is 8.20. The van der Waals surface area contributed by atoms with Gasteiger partial charge < -0.3 is 10.5 Å². The van der Waals surface area contributed by atoms with Crippen molar-refractivity contribution in [3.63, 3.8) is 0 Å². The number of aryl methyl sites for hydroxylation is 1. The smallest absolute Gasteiger partial charge is 0.262 e. The number of sulfonamides is 2. The van der Waals surface area contributed by atoms with E-state index in [9.17, 15) is 21.6 Å². The van der Waals surface area contributed by atoms with Gasteiger partial charge in [-0.05, 0) is 50.5 Å². The topological polar surface area (TPSA) is 218 Å². The van der Waals surface area contributed by atoms with Crippen LogP contribution in [0.5, 0.6) is 5.88 Å². The number of nitrogens with two attached hydrogens (primary N) is 1. The highest BCUT2D eigenvalue weighted by molar-refractivity contribution is 7.93. The molecule has 4 aromatic heterocycles. The van der Waals surface area contributed by atoms with Crippen LogP contribution in [0.1, 0.15) is 43.5 Å². The molecule has 18 heteroatoms. The number of ether oxygens (including phenoxy) is 1. The van der Waals surface area contributed by atoms with Gasteiger partial charge in [-0.25, -0.2) is 31.8 Å². The van der Waals surface area contributed by atoms with Gasteiger partial charge in [0.15, 0.2) is 5.03 Å². The zero-order valence-electron chi connectivity index (χ0n) is 25.0. The van der Waals surface area contributed by atoms with Crippen LogP contribution in [0.4, 0.5) is 5.95 Å². The number of carbonyl (C=O) groups excluding carboxylic acids is 1. The Hall–Kier alpha value is -4.55. The van der Waals surface area contributed by atoms with Crippen LogP contribution in [0.3, 0.4) is 0 Å². The van der Waals surface area contributed by atoms with Crippen LogP contribution in [0.25, 0.3) is 11.3 Å². The van der Waals surface area contributed by atoms with E-state index in [1.165, 1.54) is 39.7 Å². The Morgan fingerprint density at radius 3 is 2.54 bits per heavy atom. The van der Waals surface area contributed by atoms with Crippen molar-refractivity contribution >= 4 is 31.9 Å². The number of amides is 1. The van der Waals surface area contributed by atoms with Gasteiger partial charge in [0.1, 0.15) is 5.41 Å². The predicted molar refractivity (Wildman–Crippen MR) is 164 cm³/mol. The molecule has 46 heavy (non-hydrogen) atoms. The van der Waals surface area contributed by atoms with Gasteiger partial charge in [-0.2, -0.15) is 9.40 Å². The summed E-state index contributed by atoms with van der Waals surface area (Å²) in [6, 6.07) is 6.28. The summed E-state index contributed by atoms with van der Waals surface area (Å²) in [4.78, 5) is 35.4. The number of aromatic nitrogens is 7. The second-order valence-electron chi connectivity index (χ2n) is 11.1. The summed E-state index contributed by atoms with van der Waals surface area (Å²) in [6.07, 6.45) is 8.45. The van der Waals surface area contributed by atoms with Crippen LogP contribution in [0, 0.1) is 0 Å². The van der Waals surface area contributed by atoms with Crippen LogP contribution in [-0.4, -0.2) is 86.7 Å². The standard InChI is InChI=1S/C28H32N10O6S2/c1-3-44-24-16-30-15-22(33-24)18-4-7-21(32-14-18)20-17-38(46(42,43)25-9-12-37(2)35-25)13-10-28(20,26(29)39)23-8-11-31-27(34-23)36-45(40,41)19-5-6-19/h4,7-9,11-12,14-16,19-20H,3,5-6,10,13,17H2,1-2H3,(H2,29,39)(H,31,34,36). The van der Waals surface area contributed by atoms with Gasteiger partial charge in [0.05, 0.1) is 35.6 Å². The van der Waals surface area contributed by atoms with Crippen LogP contribution < -0.4 is 15.2 Å². The molecule has 2 unspecified atom stereocenters. The molecule has 4 aromatic rings. The van der Waals surface area contributed by atoms with E-state index in [1.54, 1.807) is 31.6 Å². The molecule has 6 rings (SSSR count). The van der Waals surface area contributed by atoms with E-state index in [1.807, 2.05) is 6.92 Å². The SMILES string of the molecule is CCOc1cncc(-c2ccc(C3CN(S(=O)(=O)c4ccn(C)n4)CCC3(C(N)=O)c3ccnc(NS(=O)(=O)C4CC4)n3)nc2)n1. The number of primary amides is 1. The Balaban J connectivity index is 1.42. The highest BCUT2D eigenvalue weighted by Crippen LogP contribution is 2.46. The van der Waals surface area contributed by atoms with Crippen molar-refractivity contribution in [1.82, 2.24) is 39.0 Å². The van der Waals surface area contributed by atoms with E-state index in [2.05, 4.69) is 34.7 Å². The van der Waals surface area contributed by atoms with Crippen molar-refractivity contribution in [2.24, 2.45) is 12.8 Å². The number of piperidine rings is 1. The van der Waals surface area contributed by atoms with Crippen molar-refractivity contribution in [3.8, 4) is 17.1 Å². The summed E-state index contributed by atoms with van der Waals surface area (Å²) >= 11 is 0. The highest BCUT2D eigenvalue weighted by atomic mass is 32.2. The second-order valence-corrected chi connectivity index (χ2v) is 14.9. The maximum atomic E-state index is 13.7. The number of anilines is 1. The van der Waals surface area contributed by atoms with Gasteiger partial charge in [0.25, 0.3) is 10.0 Å². The second kappa shape index (κ2) is 12.0. The molecule has 1 aliphatic heterocycles. The fourth-order valence-electron chi connectivity index (χ4n) is 5.59. The molecule has 242 valence electrons. The summed E-state index contributed by atoms with van der Waals surface area (Å²) < 4.78 is 63.2. The molecule has 0 radical (unpaired) electrons. The van der Waals surface area contributed by atoms with Crippen molar-refractivity contribution in [2.75, 3.05) is 24.4 Å². The first-order valence-corrected chi connectivity index (χ1v) is 17.5. The first kappa shape index (κ1) is 31.4. The normalized spacial score (nSPS) is 20.7. The molecular formula is C28H32N10O6S2. The van der Waals surface area contributed by atoms with E-state index in [4.69, 9.17) is 10.5 Å². The van der Waals surface area contributed by atoms with Gasteiger partial charge in [-0.3, -0.25) is 24.2 Å². The van der Waals surface area contributed by atoms with E-state index in [0.29, 0.717) is 42.3 Å². The number of nitrogens with zero attached hydrogens (tertiary/aromatic N) is 8. The molecule has 3 N–H and O–H groups in total. The molecule has 1 amide bonds. The monoisotopic (exact) mass is 668 g/mol. The molecule has 0 bridgehead atoms. The van der Waals surface area contributed by atoms with Crippen LogP contribution in [0.15, 0.2) is 60.3 Å². The summed E-state index contributed by atoms with van der Waals surface area (Å²) in [5, 5.41) is 3.41. The van der Waals surface area contributed by atoms with Crippen LogP contribution in [-0.2, 0) is 37.3 Å². The van der Waals surface area contributed by atoms with Gasteiger partial charge in [-0.1, -0.05) is 0 Å². The average molecular weight is 669 g/mol. The fourth-order valence-corrected chi connectivity index (χ4v) is 8.28. The molecule has 0 spiro atoms. The molecule has 1 saturated carbocycles. The molecule has 1 aliphatic carbocycles. The quantitative estimate of drug-likeness (QED) is 0.228. The summed E-state index contributed by atoms with van der Waals surface area (Å²) in [7, 11) is -6.17. The van der Waals surface area contributed by atoms with Crippen LogP contribution >= 0.6 is 0 Å². The fraction of sp³-hybridized carbons (Fsp3) is 0.393. The average Bonchev–Trinajstić information content (AvgIpc) is 3.82. The van der Waals surface area contributed by atoms with Crippen molar-refractivity contribution < 1.29 is 26.4 Å². The number of nitrogens with one attached hydrogen (secondary N) is 1. The van der Waals surface area contributed by atoms with Gasteiger partial charge in [0, 0.05) is 55.9 Å². The minimum atomic E-state index is -4.07. The van der Waals surface area contributed by atoms with Crippen molar-refractivity contribution in [2.45, 2.75) is 47.8 Å². The van der Waals surface area contributed by atoms with E-state index in [-0.39, 0.29) is 36.2 Å². The lowest BCUT2D eigenvalue weighted by Crippen LogP contribution is -2.56. The lowest BCUT2D eigenvalue weighted by molar-refractivity contribution is -0.126. The van der Waals surface area contributed by atoms with E-state index >= 15 is 0 Å². The number of pyridine rings is 1. The summed E-state index contributed by atoms with van der Waals surface area (Å²) in [5.41, 5.74) is 6.17. The highest BCUT2D eigenvalue weighted by Gasteiger charge is 2.53. The zero-order chi connectivity index (χ0) is 32.7. The van der Waals surface area contributed by atoms with Crippen molar-refractivity contribution in [3.05, 3.63) is 66.6 Å². The zero-order valence-corrected chi connectivity index (χ0v) is 26.6. The maximum absolute atomic E-state index is 13.7. The summed E-state index contributed by atoms with van der Waals surface area (Å²) in [6.45, 7) is 1.96. The largest absolute Gasteiger partial charge is 0.477 e. The first-order chi connectivity index (χ1) is 21.9. The Morgan fingerprint density at radius 2 is 1.89 bits per heavy atom. The lowest BCUT2D eigenvalue weighted by Gasteiger charge is -2.44. The molecule has 0 aromatic carbocycles. The molecular weight excluding hydrogens is 637 g/mol. The third kappa shape index (κ3) is 5.90. The van der Waals surface area contributed by atoms with E-state index in [0.717, 1.165) is 0 Å². The third-order valence-corrected chi connectivity index (χ3v) is 11.7. The Bertz CT molecular complexity index is 1980. The van der Waals surface area contributed by atoms with Crippen molar-refractivity contribution in [1.29, 1.82) is 0 Å². The van der Waals surface area contributed by atoms with Crippen LogP contribution in [0.2, 0.25) is 0 Å². The number of carbonyl (C=O) groups is 1. The van der Waals surface area contributed by atoms with Gasteiger partial charge in [0.2, 0.25) is 27.8 Å². The van der Waals surface area contributed by atoms with E-state index < -0.39 is 42.5 Å². The third-order valence-electron chi connectivity index (χ3n) is 8.12. The molecule has 16 nitrogen and oxygen atoms in total. The Labute approximate surface area is 265 Å². The molecule has 1 saturated heterocycles. The minimum absolute atomic E-state index is 0.0732. The Morgan fingerprint density at radius 1 is 1.09 bits per heavy atom. The summed E-state index contributed by atoms with van der Waals surface area (Å²) in [5.74, 6) is -1.57. The lowest BCUT2D eigenvalue weighted by atomic mass is 9.66. The maximum Gasteiger partial charge on any atom is 0.262 e. The number of hydrogen-bond acceptors (Lipinski definition) is 12. The number of hydrogen-bond donors (Lipinski definition) is 2. The predicted octanol–water partition coefficient (Wildman–Crippen LogP) is 0.966.